The molecule has 100 valence electrons. The number of amides is 2. The van der Waals surface area contributed by atoms with Crippen molar-refractivity contribution in [1.29, 1.82) is 5.26 Å². The lowest BCUT2D eigenvalue weighted by Crippen LogP contribution is -2.20. The van der Waals surface area contributed by atoms with E-state index in [1.165, 1.54) is 30.3 Å². The number of nitrogens with one attached hydrogen (secondary N) is 2. The molecule has 2 aromatic rings. The SMILES string of the molecule is N#Cc1ccc(Cl)cc1NC(=O)Nc1cccc(F)c1. The predicted molar refractivity (Wildman–Crippen MR) is 75.2 cm³/mol. The average Bonchev–Trinajstić information content (AvgIpc) is 2.38. The molecule has 2 aromatic carbocycles. The van der Waals surface area contributed by atoms with E-state index in [1.807, 2.05) is 6.07 Å². The van der Waals surface area contributed by atoms with E-state index in [2.05, 4.69) is 10.6 Å². The van der Waals surface area contributed by atoms with Gasteiger partial charge in [0.15, 0.2) is 0 Å². The number of benzene rings is 2. The first kappa shape index (κ1) is 13.8. The number of hydrogen-bond donors (Lipinski definition) is 2. The second-order valence-corrected chi connectivity index (χ2v) is 4.33. The smallest absolute Gasteiger partial charge is 0.308 e. The quantitative estimate of drug-likeness (QED) is 0.878. The number of hydrogen-bond acceptors (Lipinski definition) is 2. The van der Waals surface area contributed by atoms with Gasteiger partial charge < -0.3 is 10.6 Å². The van der Waals surface area contributed by atoms with Gasteiger partial charge in [0.05, 0.1) is 11.3 Å². The van der Waals surface area contributed by atoms with Gasteiger partial charge >= 0.3 is 6.03 Å². The Kier molecular flexibility index (Phi) is 4.18. The van der Waals surface area contributed by atoms with Crippen LogP contribution in [0.25, 0.3) is 0 Å². The fraction of sp³-hybridized carbons (Fsp3) is 0. The van der Waals surface area contributed by atoms with Crippen molar-refractivity contribution in [2.45, 2.75) is 0 Å². The zero-order valence-corrected chi connectivity index (χ0v) is 10.9. The number of anilines is 2. The van der Waals surface area contributed by atoms with Crippen LogP contribution in [0.4, 0.5) is 20.6 Å². The number of rotatable bonds is 2. The Balaban J connectivity index is 2.13. The van der Waals surface area contributed by atoms with Crippen molar-refractivity contribution in [1.82, 2.24) is 0 Å². The molecule has 0 atom stereocenters. The Bertz CT molecular complexity index is 697. The molecule has 2 amide bonds. The zero-order valence-electron chi connectivity index (χ0n) is 10.2. The van der Waals surface area contributed by atoms with E-state index in [0.29, 0.717) is 10.7 Å². The van der Waals surface area contributed by atoms with Gasteiger partial charge in [-0.2, -0.15) is 5.26 Å². The van der Waals surface area contributed by atoms with E-state index in [9.17, 15) is 9.18 Å². The van der Waals surface area contributed by atoms with Crippen LogP contribution in [0.5, 0.6) is 0 Å². The summed E-state index contributed by atoms with van der Waals surface area (Å²) in [5.74, 6) is -0.455. The lowest BCUT2D eigenvalue weighted by Gasteiger charge is -2.09. The van der Waals surface area contributed by atoms with Crippen LogP contribution in [0.3, 0.4) is 0 Å². The van der Waals surface area contributed by atoms with Gasteiger partial charge in [-0.1, -0.05) is 17.7 Å². The number of halogens is 2. The van der Waals surface area contributed by atoms with Gasteiger partial charge in [-0.05, 0) is 36.4 Å². The first-order valence-corrected chi connectivity index (χ1v) is 5.99. The summed E-state index contributed by atoms with van der Waals surface area (Å²) in [6, 6.07) is 11.3. The van der Waals surface area contributed by atoms with Crippen molar-refractivity contribution in [3.05, 3.63) is 58.9 Å². The minimum Gasteiger partial charge on any atom is -0.308 e. The van der Waals surface area contributed by atoms with Crippen molar-refractivity contribution in [3.63, 3.8) is 0 Å². The van der Waals surface area contributed by atoms with Crippen LogP contribution in [0.1, 0.15) is 5.56 Å². The molecule has 0 aliphatic heterocycles. The highest BCUT2D eigenvalue weighted by atomic mass is 35.5. The van der Waals surface area contributed by atoms with E-state index in [0.717, 1.165) is 0 Å². The molecule has 0 spiro atoms. The molecule has 0 bridgehead atoms. The lowest BCUT2D eigenvalue weighted by atomic mass is 10.2. The molecule has 0 fully saturated rings. The number of carbonyl (C=O) groups excluding carboxylic acids is 1. The Hall–Kier alpha value is -2.58. The third-order valence-corrected chi connectivity index (χ3v) is 2.67. The first-order chi connectivity index (χ1) is 9.58. The summed E-state index contributed by atoms with van der Waals surface area (Å²) < 4.78 is 13.0. The third-order valence-electron chi connectivity index (χ3n) is 2.43. The molecule has 6 heteroatoms. The van der Waals surface area contributed by atoms with E-state index >= 15 is 0 Å². The normalized spacial score (nSPS) is 9.65. The van der Waals surface area contributed by atoms with Crippen molar-refractivity contribution in [3.8, 4) is 6.07 Å². The van der Waals surface area contributed by atoms with Crippen LogP contribution in [0.15, 0.2) is 42.5 Å². The monoisotopic (exact) mass is 289 g/mol. The molecule has 0 heterocycles. The van der Waals surface area contributed by atoms with Gasteiger partial charge in [-0.3, -0.25) is 0 Å². The molecule has 4 nitrogen and oxygen atoms in total. The Morgan fingerprint density at radius 3 is 2.70 bits per heavy atom. The standard InChI is InChI=1S/C14H9ClFN3O/c15-10-5-4-9(8-17)13(6-10)19-14(20)18-12-3-1-2-11(16)7-12/h1-7H,(H2,18,19,20). The topological polar surface area (TPSA) is 64.9 Å². The van der Waals surface area contributed by atoms with Crippen LogP contribution in [0.2, 0.25) is 5.02 Å². The highest BCUT2D eigenvalue weighted by Gasteiger charge is 2.08. The first-order valence-electron chi connectivity index (χ1n) is 5.62. The van der Waals surface area contributed by atoms with Gasteiger partial charge in [-0.25, -0.2) is 9.18 Å². The highest BCUT2D eigenvalue weighted by Crippen LogP contribution is 2.20. The van der Waals surface area contributed by atoms with Crippen LogP contribution in [-0.4, -0.2) is 6.03 Å². The maximum absolute atomic E-state index is 13.0. The van der Waals surface area contributed by atoms with E-state index < -0.39 is 11.8 Å². The number of carbonyl (C=O) groups is 1. The van der Waals surface area contributed by atoms with Gasteiger partial charge in [0.1, 0.15) is 11.9 Å². The number of nitrogens with zero attached hydrogens (tertiary/aromatic N) is 1. The summed E-state index contributed by atoms with van der Waals surface area (Å²) in [5, 5.41) is 14.3. The maximum Gasteiger partial charge on any atom is 0.323 e. The molecular weight excluding hydrogens is 281 g/mol. The largest absolute Gasteiger partial charge is 0.323 e. The average molecular weight is 290 g/mol. The van der Waals surface area contributed by atoms with Gasteiger partial charge in [0, 0.05) is 10.7 Å². The van der Waals surface area contributed by atoms with Crippen LogP contribution < -0.4 is 10.6 Å². The predicted octanol–water partition coefficient (Wildman–Crippen LogP) is 3.99. The fourth-order valence-electron chi connectivity index (χ4n) is 1.57. The molecule has 0 aliphatic carbocycles. The Morgan fingerprint density at radius 2 is 2.00 bits per heavy atom. The summed E-state index contributed by atoms with van der Waals surface area (Å²) in [5.41, 5.74) is 0.876. The molecule has 0 saturated heterocycles. The van der Waals surface area contributed by atoms with Crippen molar-refractivity contribution >= 4 is 29.0 Å². The second-order valence-electron chi connectivity index (χ2n) is 3.89. The van der Waals surface area contributed by atoms with Gasteiger partial charge in [-0.15, -0.1) is 0 Å². The zero-order chi connectivity index (χ0) is 14.5. The van der Waals surface area contributed by atoms with Gasteiger partial charge in [0.2, 0.25) is 0 Å². The molecule has 0 saturated carbocycles. The molecular formula is C14H9ClFN3O. The van der Waals surface area contributed by atoms with E-state index in [4.69, 9.17) is 16.9 Å². The summed E-state index contributed by atoms with van der Waals surface area (Å²) >= 11 is 5.81. The third kappa shape index (κ3) is 3.46. The number of urea groups is 1. The van der Waals surface area contributed by atoms with Gasteiger partial charge in [0.25, 0.3) is 0 Å². The summed E-state index contributed by atoms with van der Waals surface area (Å²) in [4.78, 5) is 11.8. The van der Waals surface area contributed by atoms with Crippen LogP contribution >= 0.6 is 11.6 Å². The molecule has 0 unspecified atom stereocenters. The fourth-order valence-corrected chi connectivity index (χ4v) is 1.74. The van der Waals surface area contributed by atoms with Crippen molar-refractivity contribution < 1.29 is 9.18 Å². The second kappa shape index (κ2) is 6.04. The van der Waals surface area contributed by atoms with Crippen LogP contribution in [0, 0.1) is 17.1 Å². The molecule has 20 heavy (non-hydrogen) atoms. The molecule has 2 rings (SSSR count). The highest BCUT2D eigenvalue weighted by molar-refractivity contribution is 6.31. The van der Waals surface area contributed by atoms with Crippen molar-refractivity contribution in [2.24, 2.45) is 0 Å². The summed E-state index contributed by atoms with van der Waals surface area (Å²) in [6.07, 6.45) is 0. The lowest BCUT2D eigenvalue weighted by molar-refractivity contribution is 0.262. The van der Waals surface area contributed by atoms with Crippen molar-refractivity contribution in [2.75, 3.05) is 10.6 Å². The minimum atomic E-state index is -0.589. The summed E-state index contributed by atoms with van der Waals surface area (Å²) in [7, 11) is 0. The Morgan fingerprint density at radius 1 is 1.20 bits per heavy atom. The van der Waals surface area contributed by atoms with Crippen LogP contribution in [-0.2, 0) is 0 Å². The minimum absolute atomic E-state index is 0.281. The molecule has 0 aromatic heterocycles. The maximum atomic E-state index is 13.0. The Labute approximate surface area is 119 Å². The molecule has 0 aliphatic rings. The van der Waals surface area contributed by atoms with E-state index in [-0.39, 0.29) is 11.3 Å². The van der Waals surface area contributed by atoms with E-state index in [1.54, 1.807) is 12.1 Å². The number of nitriles is 1. The molecule has 2 N–H and O–H groups in total. The molecule has 0 radical (unpaired) electrons. The summed E-state index contributed by atoms with van der Waals surface area (Å²) in [6.45, 7) is 0.